The topological polar surface area (TPSA) is 20.3 Å². The van der Waals surface area contributed by atoms with Gasteiger partial charge in [-0.25, -0.2) is 0 Å². The summed E-state index contributed by atoms with van der Waals surface area (Å²) in [5, 5.41) is 0. The minimum absolute atomic E-state index is 0.198. The third-order valence-electron chi connectivity index (χ3n) is 3.54. The van der Waals surface area contributed by atoms with Gasteiger partial charge < -0.3 is 0 Å². The summed E-state index contributed by atoms with van der Waals surface area (Å²) in [6, 6.07) is 1.14. The van der Waals surface area contributed by atoms with Crippen LogP contribution < -0.4 is 0 Å². The number of hydrogen-bond donors (Lipinski definition) is 0. The molecule has 0 N–H and O–H groups in total. The van der Waals surface area contributed by atoms with Crippen LogP contribution in [0.25, 0.3) is 0 Å². The Morgan fingerprint density at radius 1 is 1.20 bits per heavy atom. The average Bonchev–Trinajstić information content (AvgIpc) is 2.09. The third-order valence-corrected chi connectivity index (χ3v) is 3.54. The van der Waals surface area contributed by atoms with Gasteiger partial charge >= 0.3 is 0 Å². The predicted molar refractivity (Wildman–Crippen MR) is 63.9 cm³/mol. The van der Waals surface area contributed by atoms with Crippen molar-refractivity contribution in [1.82, 2.24) is 4.90 Å². The molecule has 0 aromatic heterocycles. The fraction of sp³-hybridized carbons (Fsp3) is 0.923. The lowest BCUT2D eigenvalue weighted by molar-refractivity contribution is -0.129. The van der Waals surface area contributed by atoms with E-state index in [0.717, 1.165) is 0 Å². The quantitative estimate of drug-likeness (QED) is 0.700. The van der Waals surface area contributed by atoms with Crippen LogP contribution in [0.5, 0.6) is 0 Å². The van der Waals surface area contributed by atoms with Crippen LogP contribution in [-0.2, 0) is 4.79 Å². The van der Waals surface area contributed by atoms with Crippen molar-refractivity contribution in [3.8, 4) is 0 Å². The molecule has 88 valence electrons. The van der Waals surface area contributed by atoms with Gasteiger partial charge in [0.25, 0.3) is 0 Å². The highest BCUT2D eigenvalue weighted by atomic mass is 16.1. The van der Waals surface area contributed by atoms with Crippen LogP contribution in [0.4, 0.5) is 0 Å². The van der Waals surface area contributed by atoms with E-state index in [1.165, 1.54) is 19.3 Å². The van der Waals surface area contributed by atoms with E-state index >= 15 is 0 Å². The Hall–Kier alpha value is -0.370. The molecule has 1 heterocycles. The van der Waals surface area contributed by atoms with Crippen LogP contribution in [-0.4, -0.2) is 29.3 Å². The average molecular weight is 211 g/mol. The number of nitrogens with zero attached hydrogens (tertiary/aromatic N) is 1. The Kier molecular flexibility index (Phi) is 3.93. The maximum atomic E-state index is 12.0. The van der Waals surface area contributed by atoms with Crippen LogP contribution in [0, 0.1) is 5.41 Å². The van der Waals surface area contributed by atoms with Crippen LogP contribution in [0.3, 0.4) is 0 Å². The van der Waals surface area contributed by atoms with Gasteiger partial charge in [-0.15, -0.1) is 0 Å². The van der Waals surface area contributed by atoms with Gasteiger partial charge in [0, 0.05) is 17.5 Å². The van der Waals surface area contributed by atoms with E-state index in [1.54, 1.807) is 0 Å². The van der Waals surface area contributed by atoms with Gasteiger partial charge in [0.05, 0.1) is 6.54 Å². The first-order chi connectivity index (χ1) is 6.82. The predicted octanol–water partition coefficient (Wildman–Crippen LogP) is 2.86. The van der Waals surface area contributed by atoms with E-state index in [2.05, 4.69) is 18.7 Å². The molecule has 0 amide bonds. The summed E-state index contributed by atoms with van der Waals surface area (Å²) in [7, 11) is 0. The first-order valence-electron chi connectivity index (χ1n) is 6.11. The molecule has 1 saturated heterocycles. The normalized spacial score (nSPS) is 29.1. The summed E-state index contributed by atoms with van der Waals surface area (Å²) < 4.78 is 0. The van der Waals surface area contributed by atoms with E-state index in [-0.39, 0.29) is 5.41 Å². The number of carbonyl (C=O) groups is 1. The molecular formula is C13H25NO. The van der Waals surface area contributed by atoms with Crippen molar-refractivity contribution in [1.29, 1.82) is 0 Å². The highest BCUT2D eigenvalue weighted by Crippen LogP contribution is 2.24. The monoisotopic (exact) mass is 211 g/mol. The summed E-state index contributed by atoms with van der Waals surface area (Å²) in [6.07, 6.45) is 3.78. The Balaban J connectivity index is 2.59. The molecule has 0 bridgehead atoms. The van der Waals surface area contributed by atoms with E-state index in [4.69, 9.17) is 0 Å². The molecule has 1 fully saturated rings. The molecule has 0 spiro atoms. The Morgan fingerprint density at radius 2 is 1.67 bits per heavy atom. The first kappa shape index (κ1) is 12.7. The zero-order chi connectivity index (χ0) is 11.6. The Morgan fingerprint density at radius 3 is 2.07 bits per heavy atom. The second kappa shape index (κ2) is 4.65. The standard InChI is InChI=1S/C13H25NO/c1-10-7-6-8-11(2)14(10)9-12(15)13(3,4)5/h10-11H,6-9H2,1-5H3/t10-,11+. The molecule has 0 aliphatic carbocycles. The van der Waals surface area contributed by atoms with E-state index < -0.39 is 0 Å². The molecular weight excluding hydrogens is 186 g/mol. The lowest BCUT2D eigenvalue weighted by Crippen LogP contribution is -2.48. The molecule has 2 heteroatoms. The molecule has 0 radical (unpaired) electrons. The van der Waals surface area contributed by atoms with E-state index in [1.807, 2.05) is 20.8 Å². The number of rotatable bonds is 2. The molecule has 0 aromatic rings. The zero-order valence-corrected chi connectivity index (χ0v) is 10.8. The maximum Gasteiger partial charge on any atom is 0.152 e. The van der Waals surface area contributed by atoms with Crippen molar-refractivity contribution in [2.24, 2.45) is 5.41 Å². The van der Waals surface area contributed by atoms with E-state index in [9.17, 15) is 4.79 Å². The minimum atomic E-state index is -0.198. The number of Topliss-reactive ketones (excluding diaryl/α,β-unsaturated/α-hetero) is 1. The molecule has 1 aliphatic heterocycles. The molecule has 0 unspecified atom stereocenters. The van der Waals surface area contributed by atoms with Crippen LogP contribution in [0.2, 0.25) is 0 Å². The van der Waals surface area contributed by atoms with Gasteiger partial charge in [0.2, 0.25) is 0 Å². The Labute approximate surface area is 94.0 Å². The smallest absolute Gasteiger partial charge is 0.152 e. The number of hydrogen-bond acceptors (Lipinski definition) is 2. The number of likely N-dealkylation sites (tertiary alicyclic amines) is 1. The fourth-order valence-electron chi connectivity index (χ4n) is 2.19. The van der Waals surface area contributed by atoms with Crippen molar-refractivity contribution >= 4 is 5.78 Å². The number of ketones is 1. The van der Waals surface area contributed by atoms with Crippen molar-refractivity contribution in [3.63, 3.8) is 0 Å². The third kappa shape index (κ3) is 3.30. The van der Waals surface area contributed by atoms with Crippen molar-refractivity contribution in [2.75, 3.05) is 6.54 Å². The summed E-state index contributed by atoms with van der Waals surface area (Å²) in [4.78, 5) is 14.4. The largest absolute Gasteiger partial charge is 0.298 e. The minimum Gasteiger partial charge on any atom is -0.298 e. The highest BCUT2D eigenvalue weighted by Gasteiger charge is 2.30. The van der Waals surface area contributed by atoms with Crippen LogP contribution in [0.15, 0.2) is 0 Å². The summed E-state index contributed by atoms with van der Waals surface area (Å²) >= 11 is 0. The SMILES string of the molecule is C[C@@H]1CCC[C@H](C)N1CC(=O)C(C)(C)C. The van der Waals surface area contributed by atoms with Gasteiger partial charge in [-0.2, -0.15) is 0 Å². The van der Waals surface area contributed by atoms with Crippen LogP contribution in [0.1, 0.15) is 53.9 Å². The van der Waals surface area contributed by atoms with Crippen molar-refractivity contribution in [3.05, 3.63) is 0 Å². The molecule has 1 aliphatic rings. The molecule has 2 atom stereocenters. The first-order valence-corrected chi connectivity index (χ1v) is 6.11. The van der Waals surface area contributed by atoms with Gasteiger partial charge in [-0.1, -0.05) is 27.2 Å². The Bertz CT molecular complexity index is 219. The number of piperidine rings is 1. The molecule has 15 heavy (non-hydrogen) atoms. The highest BCUT2D eigenvalue weighted by molar-refractivity contribution is 5.85. The van der Waals surface area contributed by atoms with Gasteiger partial charge in [0.15, 0.2) is 5.78 Å². The molecule has 2 nitrogen and oxygen atoms in total. The van der Waals surface area contributed by atoms with Gasteiger partial charge in [-0.3, -0.25) is 9.69 Å². The molecule has 0 aromatic carbocycles. The summed E-state index contributed by atoms with van der Waals surface area (Å²) in [5.41, 5.74) is -0.198. The second-order valence-corrected chi connectivity index (χ2v) is 5.97. The second-order valence-electron chi connectivity index (χ2n) is 5.97. The summed E-state index contributed by atoms with van der Waals surface area (Å²) in [6.45, 7) is 11.1. The number of carbonyl (C=O) groups excluding carboxylic acids is 1. The zero-order valence-electron chi connectivity index (χ0n) is 10.8. The van der Waals surface area contributed by atoms with Gasteiger partial charge in [0.1, 0.15) is 0 Å². The lowest BCUT2D eigenvalue weighted by Gasteiger charge is -2.39. The van der Waals surface area contributed by atoms with Crippen molar-refractivity contribution < 1.29 is 4.79 Å². The van der Waals surface area contributed by atoms with Gasteiger partial charge in [-0.05, 0) is 26.7 Å². The summed E-state index contributed by atoms with van der Waals surface area (Å²) in [5.74, 6) is 0.364. The fourth-order valence-corrected chi connectivity index (χ4v) is 2.19. The molecule has 0 saturated carbocycles. The lowest BCUT2D eigenvalue weighted by atomic mass is 9.88. The molecule has 1 rings (SSSR count). The maximum absolute atomic E-state index is 12.0. The van der Waals surface area contributed by atoms with E-state index in [0.29, 0.717) is 24.4 Å². The van der Waals surface area contributed by atoms with Crippen LogP contribution >= 0.6 is 0 Å². The van der Waals surface area contributed by atoms with Crippen molar-refractivity contribution in [2.45, 2.75) is 66.0 Å².